The number of imidazole rings is 1. The van der Waals surface area contributed by atoms with E-state index in [1.165, 1.54) is 0 Å². The van der Waals surface area contributed by atoms with Crippen LogP contribution in [0.25, 0.3) is 0 Å². The molecule has 0 spiro atoms. The van der Waals surface area contributed by atoms with Crippen LogP contribution in [0.3, 0.4) is 0 Å². The molecule has 1 aromatic rings. The average molecular weight is 342 g/mol. The Hall–Kier alpha value is -1.41. The van der Waals surface area contributed by atoms with Crippen LogP contribution in [0.4, 0.5) is 0 Å². The van der Waals surface area contributed by atoms with Crippen molar-refractivity contribution in [3.63, 3.8) is 0 Å². The van der Waals surface area contributed by atoms with E-state index in [-0.39, 0.29) is 23.5 Å². The highest BCUT2D eigenvalue weighted by atomic mass is 32.2. The monoisotopic (exact) mass is 342 g/mol. The van der Waals surface area contributed by atoms with E-state index in [1.54, 1.807) is 6.33 Å². The molecule has 8 heteroatoms. The summed E-state index contributed by atoms with van der Waals surface area (Å²) in [6.07, 6.45) is 2.83. The summed E-state index contributed by atoms with van der Waals surface area (Å²) in [5, 5.41) is 2.90. The standard InChI is InChI=1S/C15H26N4O3S/c1-12-13(2)19(11-17-12)8-6-16-15(20)4-7-18(3)14-5-9-23(21,22)10-14/h11,14H,4-10H2,1-3H3,(H,16,20)/t14-/m1/s1. The molecule has 1 N–H and O–H groups in total. The van der Waals surface area contributed by atoms with Gasteiger partial charge in [0.25, 0.3) is 0 Å². The van der Waals surface area contributed by atoms with E-state index in [4.69, 9.17) is 0 Å². The fraction of sp³-hybridized carbons (Fsp3) is 0.733. The summed E-state index contributed by atoms with van der Waals surface area (Å²) < 4.78 is 25.0. The molecule has 0 aliphatic carbocycles. The zero-order chi connectivity index (χ0) is 17.0. The van der Waals surface area contributed by atoms with Crippen molar-refractivity contribution in [2.24, 2.45) is 0 Å². The maximum atomic E-state index is 11.9. The van der Waals surface area contributed by atoms with Crippen molar-refractivity contribution in [3.05, 3.63) is 17.7 Å². The van der Waals surface area contributed by atoms with Crippen LogP contribution in [0.15, 0.2) is 6.33 Å². The molecule has 130 valence electrons. The lowest BCUT2D eigenvalue weighted by atomic mass is 10.2. The number of amides is 1. The van der Waals surface area contributed by atoms with Crippen molar-refractivity contribution in [2.75, 3.05) is 31.6 Å². The molecule has 1 saturated heterocycles. The molecule has 1 aliphatic heterocycles. The Bertz CT molecular complexity index is 654. The summed E-state index contributed by atoms with van der Waals surface area (Å²) in [6.45, 7) is 5.82. The van der Waals surface area contributed by atoms with Crippen LogP contribution in [0.5, 0.6) is 0 Å². The van der Waals surface area contributed by atoms with E-state index < -0.39 is 9.84 Å². The zero-order valence-corrected chi connectivity index (χ0v) is 14.9. The van der Waals surface area contributed by atoms with Crippen LogP contribution in [0, 0.1) is 13.8 Å². The summed E-state index contributed by atoms with van der Waals surface area (Å²) in [5.41, 5.74) is 2.12. The van der Waals surface area contributed by atoms with E-state index in [9.17, 15) is 13.2 Å². The van der Waals surface area contributed by atoms with Crippen LogP contribution in [0.1, 0.15) is 24.2 Å². The van der Waals surface area contributed by atoms with Crippen LogP contribution in [-0.2, 0) is 21.2 Å². The van der Waals surface area contributed by atoms with Crippen molar-refractivity contribution in [1.82, 2.24) is 19.8 Å². The Morgan fingerprint density at radius 3 is 2.78 bits per heavy atom. The Kier molecular flexibility index (Phi) is 5.80. The average Bonchev–Trinajstić information content (AvgIpc) is 3.01. The number of nitrogens with zero attached hydrogens (tertiary/aromatic N) is 3. The van der Waals surface area contributed by atoms with E-state index in [2.05, 4.69) is 10.3 Å². The number of aryl methyl sites for hydroxylation is 1. The van der Waals surface area contributed by atoms with Crippen molar-refractivity contribution in [1.29, 1.82) is 0 Å². The molecule has 7 nitrogen and oxygen atoms in total. The SMILES string of the molecule is Cc1ncn(CCNC(=O)CCN(C)[C@@H]2CCS(=O)(=O)C2)c1C. The van der Waals surface area contributed by atoms with E-state index in [0.29, 0.717) is 32.5 Å². The highest BCUT2D eigenvalue weighted by Gasteiger charge is 2.30. The number of hydrogen-bond donors (Lipinski definition) is 1. The van der Waals surface area contributed by atoms with Gasteiger partial charge in [0.1, 0.15) is 0 Å². The predicted molar refractivity (Wildman–Crippen MR) is 89.0 cm³/mol. The number of hydrogen-bond acceptors (Lipinski definition) is 5. The fourth-order valence-electron chi connectivity index (χ4n) is 2.76. The summed E-state index contributed by atoms with van der Waals surface area (Å²) in [5.74, 6) is 0.467. The molecular weight excluding hydrogens is 316 g/mol. The molecule has 1 aliphatic rings. The lowest BCUT2D eigenvalue weighted by Gasteiger charge is -2.22. The molecule has 0 bridgehead atoms. The van der Waals surface area contributed by atoms with Crippen molar-refractivity contribution < 1.29 is 13.2 Å². The van der Waals surface area contributed by atoms with Gasteiger partial charge in [-0.05, 0) is 27.3 Å². The van der Waals surface area contributed by atoms with Crippen molar-refractivity contribution >= 4 is 15.7 Å². The van der Waals surface area contributed by atoms with Gasteiger partial charge in [0.05, 0.1) is 23.5 Å². The Morgan fingerprint density at radius 1 is 1.48 bits per heavy atom. The van der Waals surface area contributed by atoms with Gasteiger partial charge in [0.15, 0.2) is 9.84 Å². The van der Waals surface area contributed by atoms with Gasteiger partial charge in [0.2, 0.25) is 5.91 Å². The molecule has 0 aromatic carbocycles. The first-order chi connectivity index (χ1) is 10.8. The lowest BCUT2D eigenvalue weighted by molar-refractivity contribution is -0.121. The minimum atomic E-state index is -2.88. The van der Waals surface area contributed by atoms with Gasteiger partial charge < -0.3 is 14.8 Å². The minimum absolute atomic E-state index is 0.00723. The van der Waals surface area contributed by atoms with Crippen LogP contribution < -0.4 is 5.32 Å². The largest absolute Gasteiger partial charge is 0.354 e. The first kappa shape index (κ1) is 17.9. The fourth-order valence-corrected chi connectivity index (χ4v) is 4.56. The molecule has 1 atom stereocenters. The molecule has 1 amide bonds. The molecule has 0 radical (unpaired) electrons. The molecule has 1 fully saturated rings. The molecular formula is C15H26N4O3S. The third-order valence-electron chi connectivity index (χ3n) is 4.54. The third kappa shape index (κ3) is 5.04. The second-order valence-electron chi connectivity index (χ2n) is 6.25. The van der Waals surface area contributed by atoms with E-state index in [0.717, 1.165) is 11.4 Å². The van der Waals surface area contributed by atoms with Gasteiger partial charge in [-0.2, -0.15) is 0 Å². The molecule has 23 heavy (non-hydrogen) atoms. The van der Waals surface area contributed by atoms with Crippen LogP contribution in [-0.4, -0.2) is 66.5 Å². The predicted octanol–water partition coefficient (Wildman–Crippen LogP) is 0.125. The number of nitrogens with one attached hydrogen (secondary N) is 1. The number of rotatable bonds is 7. The molecule has 2 rings (SSSR count). The first-order valence-electron chi connectivity index (χ1n) is 7.94. The molecule has 1 aromatic heterocycles. The zero-order valence-electron chi connectivity index (χ0n) is 14.1. The summed E-state index contributed by atoms with van der Waals surface area (Å²) >= 11 is 0. The van der Waals surface area contributed by atoms with E-state index in [1.807, 2.05) is 30.4 Å². The molecule has 0 saturated carbocycles. The van der Waals surface area contributed by atoms with Gasteiger partial charge in [0, 0.05) is 37.8 Å². The van der Waals surface area contributed by atoms with Gasteiger partial charge in [-0.1, -0.05) is 0 Å². The minimum Gasteiger partial charge on any atom is -0.354 e. The number of carbonyl (C=O) groups excluding carboxylic acids is 1. The Morgan fingerprint density at radius 2 is 2.22 bits per heavy atom. The number of sulfone groups is 1. The second kappa shape index (κ2) is 7.44. The Balaban J connectivity index is 1.66. The van der Waals surface area contributed by atoms with Gasteiger partial charge >= 0.3 is 0 Å². The summed E-state index contributed by atoms with van der Waals surface area (Å²) in [7, 11) is -0.992. The highest BCUT2D eigenvalue weighted by molar-refractivity contribution is 7.91. The van der Waals surface area contributed by atoms with Gasteiger partial charge in [-0.3, -0.25) is 4.79 Å². The normalized spacial score (nSPS) is 20.1. The summed E-state index contributed by atoms with van der Waals surface area (Å²) in [6, 6.07) is 0.0457. The topological polar surface area (TPSA) is 84.3 Å². The van der Waals surface area contributed by atoms with Gasteiger partial charge in [-0.15, -0.1) is 0 Å². The maximum absolute atomic E-state index is 11.9. The van der Waals surface area contributed by atoms with Gasteiger partial charge in [-0.25, -0.2) is 13.4 Å². The van der Waals surface area contributed by atoms with Crippen LogP contribution in [0.2, 0.25) is 0 Å². The highest BCUT2D eigenvalue weighted by Crippen LogP contribution is 2.16. The summed E-state index contributed by atoms with van der Waals surface area (Å²) in [4.78, 5) is 18.1. The van der Waals surface area contributed by atoms with Crippen LogP contribution >= 0.6 is 0 Å². The maximum Gasteiger partial charge on any atom is 0.221 e. The van der Waals surface area contributed by atoms with Crippen molar-refractivity contribution in [3.8, 4) is 0 Å². The molecule has 2 heterocycles. The van der Waals surface area contributed by atoms with E-state index >= 15 is 0 Å². The number of carbonyl (C=O) groups is 1. The number of aromatic nitrogens is 2. The smallest absolute Gasteiger partial charge is 0.221 e. The quantitative estimate of drug-likeness (QED) is 0.761. The lowest BCUT2D eigenvalue weighted by Crippen LogP contribution is -2.36. The third-order valence-corrected chi connectivity index (χ3v) is 6.29. The van der Waals surface area contributed by atoms with Crippen molar-refractivity contribution in [2.45, 2.75) is 39.3 Å². The first-order valence-corrected chi connectivity index (χ1v) is 9.76. The molecule has 0 unspecified atom stereocenters. The Labute approximate surface area is 138 Å². The second-order valence-corrected chi connectivity index (χ2v) is 8.47.